The summed E-state index contributed by atoms with van der Waals surface area (Å²) in [4.78, 5) is 6.81. The maximum atomic E-state index is 12.7. The first kappa shape index (κ1) is 13.8. The smallest absolute Gasteiger partial charge is 0.340 e. The number of rotatable bonds is 2. The summed E-state index contributed by atoms with van der Waals surface area (Å²) in [6.07, 6.45) is -4.39. The maximum absolute atomic E-state index is 12.7. The summed E-state index contributed by atoms with van der Waals surface area (Å²) in [5.41, 5.74) is 0.138. The molecule has 2 aromatic heterocycles. The molecule has 3 rings (SSSR count). The van der Waals surface area contributed by atoms with E-state index in [4.69, 9.17) is 16.7 Å². The van der Waals surface area contributed by atoms with Gasteiger partial charge in [0.2, 0.25) is 5.89 Å². The molecule has 0 unspecified atom stereocenters. The van der Waals surface area contributed by atoms with Crippen molar-refractivity contribution >= 4 is 23.3 Å². The van der Waals surface area contributed by atoms with E-state index in [1.54, 1.807) is 11.5 Å². The molecule has 1 aromatic carbocycles. The van der Waals surface area contributed by atoms with E-state index in [1.807, 2.05) is 0 Å². The second-order valence-corrected chi connectivity index (χ2v) is 4.86. The monoisotopic (exact) mass is 314 g/mol. The van der Waals surface area contributed by atoms with E-state index < -0.39 is 11.7 Å². The van der Waals surface area contributed by atoms with Gasteiger partial charge >= 0.3 is 6.18 Å². The Morgan fingerprint density at radius 1 is 1.38 bits per heavy atom. The van der Waals surface area contributed by atoms with E-state index in [1.165, 1.54) is 6.07 Å². The fraction of sp³-hybridized carbons (Fsp3) is 0.250. The van der Waals surface area contributed by atoms with E-state index in [2.05, 4.69) is 15.1 Å². The minimum Gasteiger partial charge on any atom is -0.340 e. The average molecular weight is 314 g/mol. The Morgan fingerprint density at radius 2 is 2.14 bits per heavy atom. The van der Waals surface area contributed by atoms with E-state index in [-0.39, 0.29) is 6.54 Å². The molecule has 0 saturated carbocycles. The number of alkyl halides is 3. The maximum Gasteiger partial charge on any atom is 0.416 e. The molecule has 1 N–H and O–H groups in total. The predicted molar refractivity (Wildman–Crippen MR) is 70.3 cm³/mol. The van der Waals surface area contributed by atoms with Crippen LogP contribution in [0, 0.1) is 11.7 Å². The largest absolute Gasteiger partial charge is 0.416 e. The molecular weight excluding hydrogens is 305 g/mol. The number of nitrogens with zero attached hydrogens (tertiary/aromatic N) is 3. The average Bonchev–Trinajstić information content (AvgIpc) is 2.93. The highest BCUT2D eigenvalue weighted by atomic mass is 32.1. The Balaban J connectivity index is 2.07. The van der Waals surface area contributed by atoms with Gasteiger partial charge in [0, 0.05) is 6.92 Å². The van der Waals surface area contributed by atoms with Gasteiger partial charge in [-0.05, 0) is 30.4 Å². The van der Waals surface area contributed by atoms with Crippen LogP contribution in [0.2, 0.25) is 0 Å². The second kappa shape index (κ2) is 4.69. The second-order valence-electron chi connectivity index (χ2n) is 4.48. The highest BCUT2D eigenvalue weighted by Crippen LogP contribution is 2.31. The van der Waals surface area contributed by atoms with E-state index >= 15 is 0 Å². The first-order chi connectivity index (χ1) is 9.84. The van der Waals surface area contributed by atoms with Gasteiger partial charge in [-0.25, -0.2) is 0 Å². The van der Waals surface area contributed by atoms with Gasteiger partial charge in [0.15, 0.2) is 10.6 Å². The van der Waals surface area contributed by atoms with Crippen molar-refractivity contribution in [3.05, 3.63) is 40.2 Å². The molecule has 9 heteroatoms. The zero-order valence-corrected chi connectivity index (χ0v) is 11.5. The molecule has 0 atom stereocenters. The number of hydrogen-bond donors (Lipinski definition) is 1. The van der Waals surface area contributed by atoms with Crippen LogP contribution in [0.5, 0.6) is 0 Å². The molecule has 21 heavy (non-hydrogen) atoms. The van der Waals surface area contributed by atoms with Crippen molar-refractivity contribution in [2.75, 3.05) is 0 Å². The van der Waals surface area contributed by atoms with Crippen molar-refractivity contribution in [1.82, 2.24) is 19.7 Å². The van der Waals surface area contributed by atoms with Crippen molar-refractivity contribution in [2.24, 2.45) is 0 Å². The van der Waals surface area contributed by atoms with E-state index in [9.17, 15) is 13.2 Å². The van der Waals surface area contributed by atoms with Crippen molar-refractivity contribution in [1.29, 1.82) is 0 Å². The number of benzene rings is 1. The Labute approximate surface area is 121 Å². The van der Waals surface area contributed by atoms with Crippen LogP contribution in [0.15, 0.2) is 22.7 Å². The van der Waals surface area contributed by atoms with Crippen LogP contribution in [0.1, 0.15) is 17.3 Å². The fourth-order valence-electron chi connectivity index (χ4n) is 2.04. The van der Waals surface area contributed by atoms with Crippen LogP contribution in [0.3, 0.4) is 0 Å². The number of aromatic nitrogens is 4. The van der Waals surface area contributed by atoms with Crippen molar-refractivity contribution in [3.63, 3.8) is 0 Å². The fourth-order valence-corrected chi connectivity index (χ4v) is 2.32. The molecule has 0 spiro atoms. The SMILES string of the molecule is Cc1nc(Cn2c(=S)[nH]c3cc(C(F)(F)F)ccc32)no1. The molecule has 0 aliphatic heterocycles. The number of halogens is 3. The van der Waals surface area contributed by atoms with Gasteiger partial charge in [0.1, 0.15) is 0 Å². The van der Waals surface area contributed by atoms with Gasteiger partial charge in [-0.1, -0.05) is 5.16 Å². The first-order valence-electron chi connectivity index (χ1n) is 5.93. The lowest BCUT2D eigenvalue weighted by Gasteiger charge is -2.06. The van der Waals surface area contributed by atoms with Gasteiger partial charge in [0.25, 0.3) is 0 Å². The van der Waals surface area contributed by atoms with Crippen molar-refractivity contribution in [3.8, 4) is 0 Å². The molecule has 5 nitrogen and oxygen atoms in total. The summed E-state index contributed by atoms with van der Waals surface area (Å²) in [6.45, 7) is 1.88. The molecule has 0 aliphatic rings. The molecule has 0 saturated heterocycles. The number of aryl methyl sites for hydroxylation is 1. The van der Waals surface area contributed by atoms with Gasteiger partial charge in [-0.2, -0.15) is 18.2 Å². The molecule has 0 aliphatic carbocycles. The lowest BCUT2D eigenvalue weighted by molar-refractivity contribution is -0.137. The molecule has 2 heterocycles. The quantitative estimate of drug-likeness (QED) is 0.736. The molecular formula is C12H9F3N4OS. The lowest BCUT2D eigenvalue weighted by Crippen LogP contribution is -2.05. The molecule has 110 valence electrons. The zero-order valence-electron chi connectivity index (χ0n) is 10.7. The highest BCUT2D eigenvalue weighted by Gasteiger charge is 2.30. The molecule has 3 aromatic rings. The first-order valence-corrected chi connectivity index (χ1v) is 6.34. The van der Waals surface area contributed by atoms with Crippen LogP contribution in [0.25, 0.3) is 11.0 Å². The zero-order chi connectivity index (χ0) is 15.2. The Bertz CT molecular complexity index is 861. The minimum atomic E-state index is -4.39. The molecule has 0 amide bonds. The number of hydrogen-bond acceptors (Lipinski definition) is 4. The third-order valence-corrected chi connectivity index (χ3v) is 3.29. The standard InChI is InChI=1S/C12H9F3N4OS/c1-6-16-10(18-20-6)5-19-9-3-2-7(12(13,14)15)4-8(9)17-11(19)21/h2-4H,5H2,1H3,(H,17,21). The Morgan fingerprint density at radius 3 is 2.76 bits per heavy atom. The Kier molecular flexibility index (Phi) is 3.08. The summed E-state index contributed by atoms with van der Waals surface area (Å²) in [5, 5.41) is 3.75. The molecule has 0 bridgehead atoms. The highest BCUT2D eigenvalue weighted by molar-refractivity contribution is 7.71. The third-order valence-electron chi connectivity index (χ3n) is 2.97. The topological polar surface area (TPSA) is 59.6 Å². The van der Waals surface area contributed by atoms with Gasteiger partial charge in [0.05, 0.1) is 23.1 Å². The van der Waals surface area contributed by atoms with Crippen molar-refractivity contribution < 1.29 is 17.7 Å². The normalized spacial score (nSPS) is 12.2. The van der Waals surface area contributed by atoms with E-state index in [0.29, 0.717) is 27.5 Å². The number of fused-ring (bicyclic) bond motifs is 1. The van der Waals surface area contributed by atoms with Crippen LogP contribution in [-0.2, 0) is 12.7 Å². The van der Waals surface area contributed by atoms with Crippen LogP contribution >= 0.6 is 12.2 Å². The number of H-pyrrole nitrogens is 1. The number of aromatic amines is 1. The summed E-state index contributed by atoms with van der Waals surface area (Å²) >= 11 is 5.14. The summed E-state index contributed by atoms with van der Waals surface area (Å²) in [7, 11) is 0. The number of nitrogens with one attached hydrogen (secondary N) is 1. The van der Waals surface area contributed by atoms with Crippen LogP contribution in [-0.4, -0.2) is 19.7 Å². The van der Waals surface area contributed by atoms with Gasteiger partial charge in [-0.15, -0.1) is 0 Å². The lowest BCUT2D eigenvalue weighted by atomic mass is 10.2. The number of imidazole rings is 1. The third kappa shape index (κ3) is 2.56. The Hall–Kier alpha value is -2.16. The van der Waals surface area contributed by atoms with Crippen LogP contribution in [0.4, 0.5) is 13.2 Å². The summed E-state index contributed by atoms with van der Waals surface area (Å²) in [5.74, 6) is 0.820. The van der Waals surface area contributed by atoms with Crippen molar-refractivity contribution in [2.45, 2.75) is 19.6 Å². The molecule has 0 fully saturated rings. The van der Waals surface area contributed by atoms with Gasteiger partial charge < -0.3 is 14.1 Å². The van der Waals surface area contributed by atoms with Crippen LogP contribution < -0.4 is 0 Å². The predicted octanol–water partition coefficient (Wildman–Crippen LogP) is 3.46. The van der Waals surface area contributed by atoms with Gasteiger partial charge in [-0.3, -0.25) is 0 Å². The minimum absolute atomic E-state index is 0.224. The van der Waals surface area contributed by atoms with E-state index in [0.717, 1.165) is 12.1 Å². The summed E-state index contributed by atoms with van der Waals surface area (Å²) in [6, 6.07) is 3.42. The molecule has 0 radical (unpaired) electrons. The summed E-state index contributed by atoms with van der Waals surface area (Å²) < 4.78 is 44.9.